The third-order valence-electron chi connectivity index (χ3n) is 3.03. The number of rotatable bonds is 1. The van der Waals surface area contributed by atoms with Gasteiger partial charge in [0.15, 0.2) is 0 Å². The number of hydrogen-bond acceptors (Lipinski definition) is 1. The normalized spacial score (nSPS) is 29.8. The van der Waals surface area contributed by atoms with Crippen LogP contribution in [0.3, 0.4) is 0 Å². The molecule has 1 nitrogen and oxygen atoms in total. The highest BCUT2D eigenvalue weighted by atomic mass is 15.1. The summed E-state index contributed by atoms with van der Waals surface area (Å²) >= 11 is 0. The van der Waals surface area contributed by atoms with Crippen LogP contribution in [0, 0.1) is 5.92 Å². The molecule has 12 heavy (non-hydrogen) atoms. The Hall–Kier alpha value is -0.560. The fourth-order valence-corrected chi connectivity index (χ4v) is 2.18. The van der Waals surface area contributed by atoms with Gasteiger partial charge in [0.25, 0.3) is 0 Å². The molecule has 0 saturated carbocycles. The largest absolute Gasteiger partial charge is 0.303 e. The van der Waals surface area contributed by atoms with Crippen molar-refractivity contribution in [2.24, 2.45) is 5.92 Å². The molecule has 0 aromatic carbocycles. The lowest BCUT2D eigenvalue weighted by Crippen LogP contribution is -2.36. The Morgan fingerprint density at radius 2 is 2.50 bits per heavy atom. The summed E-state index contributed by atoms with van der Waals surface area (Å²) in [5.74, 6) is 0.837. The molecule has 1 heterocycles. The summed E-state index contributed by atoms with van der Waals surface area (Å²) in [7, 11) is 0. The Balaban J connectivity index is 2.03. The number of likely N-dealkylation sites (tertiary alicyclic amines) is 1. The predicted molar refractivity (Wildman–Crippen MR) is 52.1 cm³/mol. The van der Waals surface area contributed by atoms with Crippen LogP contribution in [0.1, 0.15) is 19.8 Å². The first-order valence-corrected chi connectivity index (χ1v) is 4.98. The van der Waals surface area contributed by atoms with E-state index in [0.29, 0.717) is 0 Å². The topological polar surface area (TPSA) is 3.24 Å². The molecule has 0 amide bonds. The highest BCUT2D eigenvalue weighted by Gasteiger charge is 2.22. The second-order valence-electron chi connectivity index (χ2n) is 3.75. The average molecular weight is 163 g/mol. The summed E-state index contributed by atoms with van der Waals surface area (Å²) in [6.07, 6.45) is 9.40. The van der Waals surface area contributed by atoms with Gasteiger partial charge >= 0.3 is 0 Å². The van der Waals surface area contributed by atoms with Crippen molar-refractivity contribution in [2.45, 2.75) is 19.8 Å². The van der Waals surface area contributed by atoms with Gasteiger partial charge in [0.05, 0.1) is 0 Å². The van der Waals surface area contributed by atoms with Crippen molar-refractivity contribution < 1.29 is 0 Å². The van der Waals surface area contributed by atoms with Gasteiger partial charge in [-0.05, 0) is 25.3 Å². The van der Waals surface area contributed by atoms with Gasteiger partial charge < -0.3 is 4.90 Å². The van der Waals surface area contributed by atoms with E-state index in [1.807, 2.05) is 0 Å². The molecule has 66 valence electrons. The van der Waals surface area contributed by atoms with Crippen molar-refractivity contribution in [3.8, 4) is 0 Å². The minimum Gasteiger partial charge on any atom is -0.303 e. The third-order valence-corrected chi connectivity index (χ3v) is 3.03. The van der Waals surface area contributed by atoms with Gasteiger partial charge in [-0.3, -0.25) is 0 Å². The zero-order valence-electron chi connectivity index (χ0n) is 7.79. The number of nitrogens with zero attached hydrogens (tertiary/aromatic N) is 1. The summed E-state index contributed by atoms with van der Waals surface area (Å²) in [5.41, 5.74) is 1.68. The van der Waals surface area contributed by atoms with Crippen LogP contribution in [0.15, 0.2) is 23.8 Å². The minimum atomic E-state index is 0.837. The van der Waals surface area contributed by atoms with Crippen LogP contribution in [0.4, 0.5) is 0 Å². The number of hydrogen-bond donors (Lipinski definition) is 0. The van der Waals surface area contributed by atoms with Gasteiger partial charge in [0, 0.05) is 13.1 Å². The smallest absolute Gasteiger partial charge is 0.00501 e. The van der Waals surface area contributed by atoms with Crippen molar-refractivity contribution in [1.29, 1.82) is 0 Å². The van der Waals surface area contributed by atoms with E-state index in [1.165, 1.54) is 32.5 Å². The molecule has 0 N–H and O–H groups in total. The Bertz CT molecular complexity index is 215. The predicted octanol–water partition coefficient (Wildman–Crippen LogP) is 2.21. The van der Waals surface area contributed by atoms with Crippen molar-refractivity contribution in [2.75, 3.05) is 19.6 Å². The van der Waals surface area contributed by atoms with E-state index in [2.05, 4.69) is 30.1 Å². The Kier molecular flexibility index (Phi) is 2.31. The van der Waals surface area contributed by atoms with E-state index in [9.17, 15) is 0 Å². The Morgan fingerprint density at radius 1 is 1.58 bits per heavy atom. The second kappa shape index (κ2) is 3.44. The molecule has 0 spiro atoms. The van der Waals surface area contributed by atoms with Crippen LogP contribution in [0.5, 0.6) is 0 Å². The quantitative estimate of drug-likeness (QED) is 0.573. The molecule has 1 aliphatic carbocycles. The van der Waals surface area contributed by atoms with Gasteiger partial charge in [-0.2, -0.15) is 0 Å². The fourth-order valence-electron chi connectivity index (χ4n) is 2.18. The molecule has 0 aromatic heterocycles. The van der Waals surface area contributed by atoms with Crippen LogP contribution < -0.4 is 0 Å². The molecule has 0 bridgehead atoms. The molecule has 0 aromatic rings. The zero-order chi connectivity index (χ0) is 8.39. The molecule has 1 fully saturated rings. The number of piperidine rings is 1. The summed E-state index contributed by atoms with van der Waals surface area (Å²) in [4.78, 5) is 2.56. The van der Waals surface area contributed by atoms with Crippen molar-refractivity contribution in [3.05, 3.63) is 23.8 Å². The maximum atomic E-state index is 2.56. The first-order valence-electron chi connectivity index (χ1n) is 4.98. The van der Waals surface area contributed by atoms with E-state index < -0.39 is 0 Å². The molecule has 1 atom stereocenters. The van der Waals surface area contributed by atoms with Crippen molar-refractivity contribution >= 4 is 0 Å². The van der Waals surface area contributed by atoms with Gasteiger partial charge in [-0.15, -0.1) is 0 Å². The highest BCUT2D eigenvalue weighted by molar-refractivity contribution is 5.22. The standard InChI is InChI=1S/C11H17N/c1-2-12-8-7-10-5-3-4-6-11(10)9-12/h3-5,11H,2,6-9H2,1H3. The highest BCUT2D eigenvalue weighted by Crippen LogP contribution is 2.28. The zero-order valence-corrected chi connectivity index (χ0v) is 7.79. The maximum Gasteiger partial charge on any atom is 0.00501 e. The number of allylic oxidation sites excluding steroid dienone is 3. The van der Waals surface area contributed by atoms with E-state index in [1.54, 1.807) is 5.57 Å². The van der Waals surface area contributed by atoms with Crippen molar-refractivity contribution in [1.82, 2.24) is 4.90 Å². The molecular weight excluding hydrogens is 146 g/mol. The van der Waals surface area contributed by atoms with Crippen LogP contribution in [-0.4, -0.2) is 24.5 Å². The lowest BCUT2D eigenvalue weighted by molar-refractivity contribution is 0.223. The van der Waals surface area contributed by atoms with E-state index >= 15 is 0 Å². The Morgan fingerprint density at radius 3 is 3.33 bits per heavy atom. The minimum absolute atomic E-state index is 0.837. The van der Waals surface area contributed by atoms with Crippen LogP contribution in [-0.2, 0) is 0 Å². The van der Waals surface area contributed by atoms with Gasteiger partial charge in [-0.1, -0.05) is 30.7 Å². The molecule has 2 rings (SSSR count). The van der Waals surface area contributed by atoms with Gasteiger partial charge in [-0.25, -0.2) is 0 Å². The first-order chi connectivity index (χ1) is 5.90. The molecular formula is C11H17N. The lowest BCUT2D eigenvalue weighted by Gasteiger charge is -2.34. The Labute approximate surface area is 74.8 Å². The van der Waals surface area contributed by atoms with Crippen LogP contribution in [0.2, 0.25) is 0 Å². The molecule has 1 unspecified atom stereocenters. The summed E-state index contributed by atoms with van der Waals surface area (Å²) < 4.78 is 0. The third kappa shape index (κ3) is 1.46. The first kappa shape index (κ1) is 8.06. The molecule has 1 aliphatic heterocycles. The van der Waals surface area contributed by atoms with E-state index in [-0.39, 0.29) is 0 Å². The monoisotopic (exact) mass is 163 g/mol. The fraction of sp³-hybridized carbons (Fsp3) is 0.636. The summed E-state index contributed by atoms with van der Waals surface area (Å²) in [5, 5.41) is 0. The van der Waals surface area contributed by atoms with Crippen LogP contribution >= 0.6 is 0 Å². The summed E-state index contributed by atoms with van der Waals surface area (Å²) in [6.45, 7) is 6.03. The van der Waals surface area contributed by atoms with Gasteiger partial charge in [0.1, 0.15) is 0 Å². The lowest BCUT2D eigenvalue weighted by atomic mass is 9.86. The molecule has 2 aliphatic rings. The van der Waals surface area contributed by atoms with Crippen molar-refractivity contribution in [3.63, 3.8) is 0 Å². The summed E-state index contributed by atoms with van der Waals surface area (Å²) in [6, 6.07) is 0. The molecule has 0 radical (unpaired) electrons. The maximum absolute atomic E-state index is 2.56. The SMILES string of the molecule is CCN1CCC2=CC=CCC2C1. The van der Waals surface area contributed by atoms with E-state index in [0.717, 1.165) is 5.92 Å². The molecule has 1 saturated heterocycles. The van der Waals surface area contributed by atoms with Gasteiger partial charge in [0.2, 0.25) is 0 Å². The second-order valence-corrected chi connectivity index (χ2v) is 3.75. The average Bonchev–Trinajstić information content (AvgIpc) is 2.17. The molecule has 1 heteroatoms. The van der Waals surface area contributed by atoms with Crippen LogP contribution in [0.25, 0.3) is 0 Å². The van der Waals surface area contributed by atoms with E-state index in [4.69, 9.17) is 0 Å². The number of fused-ring (bicyclic) bond motifs is 1.